The number of nitrogens with zero attached hydrogens (tertiary/aromatic N) is 2. The molecular weight excluding hydrogens is 264 g/mol. The lowest BCUT2D eigenvalue weighted by atomic mass is 10.1. The summed E-state index contributed by atoms with van der Waals surface area (Å²) in [4.78, 5) is 8.55. The van der Waals surface area contributed by atoms with Crippen LogP contribution in [-0.2, 0) is 9.84 Å². The fraction of sp³-hybridized carbons (Fsp3) is 0.667. The van der Waals surface area contributed by atoms with Crippen LogP contribution >= 0.6 is 0 Å². The number of hydrogen-bond donors (Lipinski definition) is 2. The highest BCUT2D eigenvalue weighted by molar-refractivity contribution is 7.91. The van der Waals surface area contributed by atoms with Crippen molar-refractivity contribution < 1.29 is 8.42 Å². The van der Waals surface area contributed by atoms with Gasteiger partial charge in [-0.25, -0.2) is 13.4 Å². The molecule has 0 saturated carbocycles. The molecule has 2 rings (SSSR count). The summed E-state index contributed by atoms with van der Waals surface area (Å²) in [5.41, 5.74) is 0.961. The number of aryl methyl sites for hydroxylation is 1. The smallest absolute Gasteiger partial charge is 0.224 e. The zero-order chi connectivity index (χ0) is 13.9. The predicted octanol–water partition coefficient (Wildman–Crippen LogP) is 1.06. The molecule has 1 aliphatic heterocycles. The standard InChI is InChI=1S/C12H20N4O2S/c1-3-13-12-15-6-9(2)11(16-12)14-7-10-4-5-19(17,18)8-10/h6,10H,3-5,7-8H2,1-2H3,(H2,13,14,15,16). The summed E-state index contributed by atoms with van der Waals surface area (Å²) in [6, 6.07) is 0. The summed E-state index contributed by atoms with van der Waals surface area (Å²) in [5, 5.41) is 6.29. The molecule has 0 bridgehead atoms. The second-order valence-corrected chi connectivity index (χ2v) is 7.13. The first-order valence-electron chi connectivity index (χ1n) is 6.52. The number of aromatic nitrogens is 2. The van der Waals surface area contributed by atoms with Gasteiger partial charge in [0.25, 0.3) is 0 Å². The highest BCUT2D eigenvalue weighted by atomic mass is 32.2. The molecule has 0 aromatic carbocycles. The molecule has 0 spiro atoms. The van der Waals surface area contributed by atoms with Crippen molar-refractivity contribution in [1.29, 1.82) is 0 Å². The van der Waals surface area contributed by atoms with Crippen molar-refractivity contribution in [1.82, 2.24) is 9.97 Å². The fourth-order valence-electron chi connectivity index (χ4n) is 2.14. The molecular formula is C12H20N4O2S. The first-order valence-corrected chi connectivity index (χ1v) is 8.34. The minimum Gasteiger partial charge on any atom is -0.369 e. The predicted molar refractivity (Wildman–Crippen MR) is 76.2 cm³/mol. The first kappa shape index (κ1) is 14.0. The maximum absolute atomic E-state index is 11.4. The van der Waals surface area contributed by atoms with Crippen LogP contribution in [0.5, 0.6) is 0 Å². The van der Waals surface area contributed by atoms with Gasteiger partial charge in [-0.3, -0.25) is 0 Å². The van der Waals surface area contributed by atoms with Gasteiger partial charge in [-0.05, 0) is 26.2 Å². The van der Waals surface area contributed by atoms with Crippen LogP contribution in [0.15, 0.2) is 6.20 Å². The topological polar surface area (TPSA) is 84.0 Å². The van der Waals surface area contributed by atoms with Gasteiger partial charge in [-0.1, -0.05) is 0 Å². The Balaban J connectivity index is 1.97. The number of rotatable bonds is 5. The van der Waals surface area contributed by atoms with Crippen LogP contribution < -0.4 is 10.6 Å². The van der Waals surface area contributed by atoms with E-state index in [2.05, 4.69) is 20.6 Å². The Morgan fingerprint density at radius 3 is 2.84 bits per heavy atom. The van der Waals surface area contributed by atoms with E-state index in [1.807, 2.05) is 13.8 Å². The van der Waals surface area contributed by atoms with E-state index in [-0.39, 0.29) is 11.7 Å². The van der Waals surface area contributed by atoms with E-state index in [4.69, 9.17) is 0 Å². The van der Waals surface area contributed by atoms with Crippen LogP contribution in [0.2, 0.25) is 0 Å². The summed E-state index contributed by atoms with van der Waals surface area (Å²) in [6.45, 7) is 5.33. The number of hydrogen-bond acceptors (Lipinski definition) is 6. The minimum atomic E-state index is -2.81. The maximum atomic E-state index is 11.4. The van der Waals surface area contributed by atoms with Crippen molar-refractivity contribution in [3.8, 4) is 0 Å². The molecule has 0 amide bonds. The van der Waals surface area contributed by atoms with Gasteiger partial charge in [-0.15, -0.1) is 0 Å². The van der Waals surface area contributed by atoms with Crippen molar-refractivity contribution in [3.05, 3.63) is 11.8 Å². The Hall–Kier alpha value is -1.37. The average Bonchev–Trinajstić information content (AvgIpc) is 2.70. The summed E-state index contributed by atoms with van der Waals surface area (Å²) >= 11 is 0. The molecule has 0 aliphatic carbocycles. The van der Waals surface area contributed by atoms with Gasteiger partial charge in [0.05, 0.1) is 11.5 Å². The van der Waals surface area contributed by atoms with E-state index in [1.165, 1.54) is 0 Å². The molecule has 0 radical (unpaired) electrons. The van der Waals surface area contributed by atoms with Crippen molar-refractivity contribution >= 4 is 21.6 Å². The Kier molecular flexibility index (Phi) is 4.24. The third kappa shape index (κ3) is 3.79. The van der Waals surface area contributed by atoms with Crippen LogP contribution in [0.4, 0.5) is 11.8 Å². The van der Waals surface area contributed by atoms with E-state index in [0.717, 1.165) is 24.3 Å². The maximum Gasteiger partial charge on any atom is 0.224 e. The number of anilines is 2. The molecule has 1 unspecified atom stereocenters. The van der Waals surface area contributed by atoms with Gasteiger partial charge in [0.2, 0.25) is 5.95 Å². The molecule has 2 N–H and O–H groups in total. The molecule has 1 aromatic heterocycles. The lowest BCUT2D eigenvalue weighted by Gasteiger charge is -2.13. The number of nitrogens with one attached hydrogen (secondary N) is 2. The van der Waals surface area contributed by atoms with Crippen molar-refractivity contribution in [2.45, 2.75) is 20.3 Å². The summed E-state index contributed by atoms with van der Waals surface area (Å²) in [6.07, 6.45) is 2.50. The molecule has 6 nitrogen and oxygen atoms in total. The Bertz CT molecular complexity index is 545. The summed E-state index contributed by atoms with van der Waals surface area (Å²) in [7, 11) is -2.81. The van der Waals surface area contributed by atoms with Gasteiger partial charge in [0.1, 0.15) is 5.82 Å². The van der Waals surface area contributed by atoms with Gasteiger partial charge in [-0.2, -0.15) is 4.98 Å². The first-order chi connectivity index (χ1) is 9.00. The van der Waals surface area contributed by atoms with Gasteiger partial charge < -0.3 is 10.6 Å². The van der Waals surface area contributed by atoms with Crippen LogP contribution in [0.3, 0.4) is 0 Å². The van der Waals surface area contributed by atoms with Gasteiger partial charge >= 0.3 is 0 Å². The molecule has 1 saturated heterocycles. The van der Waals surface area contributed by atoms with Crippen LogP contribution in [-0.4, -0.2) is 43.0 Å². The average molecular weight is 284 g/mol. The fourth-order valence-corrected chi connectivity index (χ4v) is 4.00. The van der Waals surface area contributed by atoms with Crippen molar-refractivity contribution in [2.24, 2.45) is 5.92 Å². The minimum absolute atomic E-state index is 0.182. The van der Waals surface area contributed by atoms with E-state index >= 15 is 0 Å². The monoisotopic (exact) mass is 284 g/mol. The lowest BCUT2D eigenvalue weighted by molar-refractivity contribution is 0.595. The highest BCUT2D eigenvalue weighted by Gasteiger charge is 2.27. The quantitative estimate of drug-likeness (QED) is 0.841. The van der Waals surface area contributed by atoms with E-state index in [9.17, 15) is 8.42 Å². The molecule has 106 valence electrons. The Morgan fingerprint density at radius 2 is 2.21 bits per heavy atom. The van der Waals surface area contributed by atoms with E-state index in [1.54, 1.807) is 6.20 Å². The molecule has 1 aliphatic rings. The molecule has 1 aromatic rings. The molecule has 2 heterocycles. The van der Waals surface area contributed by atoms with E-state index in [0.29, 0.717) is 18.2 Å². The third-order valence-corrected chi connectivity index (χ3v) is 5.03. The SMILES string of the molecule is CCNc1ncc(C)c(NCC2CCS(=O)(=O)C2)n1. The van der Waals surface area contributed by atoms with Crippen LogP contribution in [0.1, 0.15) is 18.9 Å². The largest absolute Gasteiger partial charge is 0.369 e. The molecule has 19 heavy (non-hydrogen) atoms. The van der Waals surface area contributed by atoms with Crippen LogP contribution in [0.25, 0.3) is 0 Å². The second-order valence-electron chi connectivity index (χ2n) is 4.91. The summed E-state index contributed by atoms with van der Waals surface area (Å²) in [5.74, 6) is 2.14. The number of sulfone groups is 1. The molecule has 7 heteroatoms. The summed E-state index contributed by atoms with van der Waals surface area (Å²) < 4.78 is 22.8. The van der Waals surface area contributed by atoms with Crippen molar-refractivity contribution in [2.75, 3.05) is 35.2 Å². The third-order valence-electron chi connectivity index (χ3n) is 3.19. The van der Waals surface area contributed by atoms with Crippen LogP contribution in [0, 0.1) is 12.8 Å². The molecule has 1 fully saturated rings. The molecule has 1 atom stereocenters. The van der Waals surface area contributed by atoms with Gasteiger partial charge in [0.15, 0.2) is 9.84 Å². The second kappa shape index (κ2) is 5.73. The normalized spacial score (nSPS) is 21.3. The highest BCUT2D eigenvalue weighted by Crippen LogP contribution is 2.20. The zero-order valence-corrected chi connectivity index (χ0v) is 12.1. The van der Waals surface area contributed by atoms with E-state index < -0.39 is 9.84 Å². The zero-order valence-electron chi connectivity index (χ0n) is 11.3. The van der Waals surface area contributed by atoms with Crippen molar-refractivity contribution in [3.63, 3.8) is 0 Å². The lowest BCUT2D eigenvalue weighted by Crippen LogP contribution is -2.17. The van der Waals surface area contributed by atoms with Gasteiger partial charge in [0, 0.05) is 24.8 Å². The Labute approximate surface area is 114 Å². The Morgan fingerprint density at radius 1 is 1.42 bits per heavy atom.